The normalized spacial score (nSPS) is 10.3. The Balaban J connectivity index is 2.17. The first kappa shape index (κ1) is 15.2. The van der Waals surface area contributed by atoms with E-state index in [1.54, 1.807) is 30.3 Å². The fourth-order valence-corrected chi connectivity index (χ4v) is 2.08. The van der Waals surface area contributed by atoms with Crippen molar-refractivity contribution < 1.29 is 9.21 Å². The van der Waals surface area contributed by atoms with E-state index in [-0.39, 0.29) is 5.91 Å². The van der Waals surface area contributed by atoms with Crippen LogP contribution in [0.5, 0.6) is 0 Å². The first-order valence-electron chi connectivity index (χ1n) is 6.58. The summed E-state index contributed by atoms with van der Waals surface area (Å²) >= 11 is 4.90. The number of carbonyl (C=O) groups excluding carboxylic acids is 1. The number of nitrogens with zero attached hydrogens (tertiary/aromatic N) is 2. The van der Waals surface area contributed by atoms with Gasteiger partial charge in [-0.2, -0.15) is 0 Å². The Morgan fingerprint density at radius 1 is 1.48 bits per heavy atom. The van der Waals surface area contributed by atoms with Gasteiger partial charge in [0.05, 0.1) is 16.8 Å². The number of aromatic nitrogens is 1. The zero-order valence-corrected chi connectivity index (χ0v) is 12.6. The van der Waals surface area contributed by atoms with Crippen molar-refractivity contribution in [3.63, 3.8) is 0 Å². The van der Waals surface area contributed by atoms with Crippen molar-refractivity contribution >= 4 is 23.1 Å². The van der Waals surface area contributed by atoms with E-state index in [1.807, 2.05) is 12.1 Å². The molecule has 0 spiro atoms. The summed E-state index contributed by atoms with van der Waals surface area (Å²) in [6.45, 7) is 2.69. The van der Waals surface area contributed by atoms with Crippen LogP contribution in [0.2, 0.25) is 0 Å². The second-order valence-corrected chi connectivity index (χ2v) is 5.22. The number of carbonyl (C=O) groups is 1. The minimum Gasteiger partial charge on any atom is -0.469 e. The summed E-state index contributed by atoms with van der Waals surface area (Å²) in [5.74, 6) is 0.507. The number of amides is 1. The predicted octanol–water partition coefficient (Wildman–Crippen LogP) is 2.30. The molecule has 1 amide bonds. The van der Waals surface area contributed by atoms with Gasteiger partial charge in [0, 0.05) is 31.9 Å². The molecule has 2 aromatic rings. The minimum absolute atomic E-state index is 0.0960. The molecule has 0 unspecified atom stereocenters. The second kappa shape index (κ2) is 6.99. The van der Waals surface area contributed by atoms with Crippen molar-refractivity contribution in [2.75, 3.05) is 6.54 Å². The molecule has 0 fully saturated rings. The van der Waals surface area contributed by atoms with Gasteiger partial charge in [0.1, 0.15) is 5.76 Å². The van der Waals surface area contributed by atoms with Crippen LogP contribution in [0, 0.1) is 6.92 Å². The number of pyridine rings is 1. The van der Waals surface area contributed by atoms with Crippen LogP contribution in [0.15, 0.2) is 41.3 Å². The van der Waals surface area contributed by atoms with Crippen LogP contribution in [0.4, 0.5) is 0 Å². The van der Waals surface area contributed by atoms with Crippen molar-refractivity contribution in [2.45, 2.75) is 19.9 Å². The fraction of sp³-hybridized carbons (Fsp3) is 0.267. The van der Waals surface area contributed by atoms with Gasteiger partial charge < -0.3 is 15.1 Å². The number of nitrogens with two attached hydrogens (primary N) is 1. The van der Waals surface area contributed by atoms with E-state index in [4.69, 9.17) is 22.4 Å². The van der Waals surface area contributed by atoms with Crippen LogP contribution in [0.3, 0.4) is 0 Å². The number of rotatable bonds is 6. The quantitative estimate of drug-likeness (QED) is 0.829. The molecule has 2 rings (SSSR count). The highest BCUT2D eigenvalue weighted by atomic mass is 32.1. The summed E-state index contributed by atoms with van der Waals surface area (Å²) in [6.07, 6.45) is 5.44. The lowest BCUT2D eigenvalue weighted by atomic mass is 10.2. The molecule has 5 nitrogen and oxygen atoms in total. The first-order chi connectivity index (χ1) is 10.1. The second-order valence-electron chi connectivity index (χ2n) is 4.69. The molecule has 2 heterocycles. The van der Waals surface area contributed by atoms with Crippen molar-refractivity contribution in [3.05, 3.63) is 53.7 Å². The minimum atomic E-state index is -0.0960. The summed E-state index contributed by atoms with van der Waals surface area (Å²) in [7, 11) is 0. The smallest absolute Gasteiger partial charge is 0.257 e. The van der Waals surface area contributed by atoms with E-state index in [2.05, 4.69) is 4.98 Å². The lowest BCUT2D eigenvalue weighted by Gasteiger charge is -2.22. The van der Waals surface area contributed by atoms with Gasteiger partial charge in [-0.05, 0) is 24.6 Å². The largest absolute Gasteiger partial charge is 0.469 e. The fourth-order valence-electron chi connectivity index (χ4n) is 1.99. The maximum atomic E-state index is 12.6. The zero-order chi connectivity index (χ0) is 15.2. The molecule has 0 aliphatic carbocycles. The van der Waals surface area contributed by atoms with Crippen molar-refractivity contribution in [1.29, 1.82) is 0 Å². The Morgan fingerprint density at radius 2 is 2.29 bits per heavy atom. The standard InChI is InChI=1S/C15H17N3O2S/c1-11-13(5-8-20-11)15(19)18(7-4-14(16)21)10-12-3-2-6-17-9-12/h2-3,5-6,8-9H,4,7,10H2,1H3,(H2,16,21). The molecule has 0 atom stereocenters. The molecule has 0 bridgehead atoms. The van der Waals surface area contributed by atoms with E-state index in [1.165, 1.54) is 6.26 Å². The van der Waals surface area contributed by atoms with E-state index in [0.717, 1.165) is 5.56 Å². The third kappa shape index (κ3) is 4.13. The monoisotopic (exact) mass is 303 g/mol. The average Bonchev–Trinajstić information content (AvgIpc) is 2.90. The van der Waals surface area contributed by atoms with Crippen molar-refractivity contribution in [2.24, 2.45) is 5.73 Å². The Kier molecular flexibility index (Phi) is 5.05. The lowest BCUT2D eigenvalue weighted by Crippen LogP contribution is -2.33. The van der Waals surface area contributed by atoms with Crippen LogP contribution >= 0.6 is 12.2 Å². The average molecular weight is 303 g/mol. The number of aryl methyl sites for hydroxylation is 1. The third-order valence-corrected chi connectivity index (χ3v) is 3.30. The van der Waals surface area contributed by atoms with Gasteiger partial charge in [0.15, 0.2) is 0 Å². The Bertz CT molecular complexity index is 625. The van der Waals surface area contributed by atoms with Crippen LogP contribution in [0.25, 0.3) is 0 Å². The first-order valence-corrected chi connectivity index (χ1v) is 6.99. The molecule has 0 aliphatic heterocycles. The number of hydrogen-bond donors (Lipinski definition) is 1. The van der Waals surface area contributed by atoms with E-state index in [0.29, 0.717) is 35.8 Å². The number of furan rings is 1. The van der Waals surface area contributed by atoms with Gasteiger partial charge in [-0.3, -0.25) is 9.78 Å². The molecule has 0 saturated heterocycles. The molecule has 0 radical (unpaired) electrons. The molecular formula is C15H17N3O2S. The molecule has 2 N–H and O–H groups in total. The predicted molar refractivity (Wildman–Crippen MR) is 83.8 cm³/mol. The van der Waals surface area contributed by atoms with Gasteiger partial charge in [-0.15, -0.1) is 0 Å². The summed E-state index contributed by atoms with van der Waals surface area (Å²) in [5.41, 5.74) is 7.06. The van der Waals surface area contributed by atoms with Gasteiger partial charge >= 0.3 is 0 Å². The molecule has 110 valence electrons. The van der Waals surface area contributed by atoms with Crippen molar-refractivity contribution in [3.8, 4) is 0 Å². The maximum absolute atomic E-state index is 12.6. The summed E-state index contributed by atoms with van der Waals surface area (Å²) < 4.78 is 5.20. The highest BCUT2D eigenvalue weighted by Crippen LogP contribution is 2.14. The summed E-state index contributed by atoms with van der Waals surface area (Å²) in [4.78, 5) is 18.8. The SMILES string of the molecule is Cc1occc1C(=O)N(CCC(N)=S)Cc1cccnc1. The molecule has 21 heavy (non-hydrogen) atoms. The molecule has 0 aromatic carbocycles. The molecule has 2 aromatic heterocycles. The molecule has 0 saturated carbocycles. The van der Waals surface area contributed by atoms with E-state index >= 15 is 0 Å². The lowest BCUT2D eigenvalue weighted by molar-refractivity contribution is 0.0746. The van der Waals surface area contributed by atoms with Crippen LogP contribution in [-0.2, 0) is 6.54 Å². The van der Waals surface area contributed by atoms with Gasteiger partial charge in [0.25, 0.3) is 5.91 Å². The van der Waals surface area contributed by atoms with Gasteiger partial charge in [0.2, 0.25) is 0 Å². The zero-order valence-electron chi connectivity index (χ0n) is 11.8. The number of thiocarbonyl (C=S) groups is 1. The molecule has 0 aliphatic rings. The third-order valence-electron chi connectivity index (χ3n) is 3.10. The van der Waals surface area contributed by atoms with Crippen LogP contribution in [-0.4, -0.2) is 27.3 Å². The molecule has 6 heteroatoms. The van der Waals surface area contributed by atoms with Gasteiger partial charge in [-0.25, -0.2) is 0 Å². The van der Waals surface area contributed by atoms with Crippen LogP contribution in [0.1, 0.15) is 28.1 Å². The highest BCUT2D eigenvalue weighted by Gasteiger charge is 2.19. The van der Waals surface area contributed by atoms with E-state index in [9.17, 15) is 4.79 Å². The summed E-state index contributed by atoms with van der Waals surface area (Å²) in [6, 6.07) is 5.44. The maximum Gasteiger partial charge on any atom is 0.257 e. The highest BCUT2D eigenvalue weighted by molar-refractivity contribution is 7.80. The van der Waals surface area contributed by atoms with Crippen LogP contribution < -0.4 is 5.73 Å². The Morgan fingerprint density at radius 3 is 2.86 bits per heavy atom. The Hall–Kier alpha value is -2.21. The molecular weight excluding hydrogens is 286 g/mol. The summed E-state index contributed by atoms with van der Waals surface area (Å²) in [5, 5.41) is 0. The van der Waals surface area contributed by atoms with Gasteiger partial charge in [-0.1, -0.05) is 18.3 Å². The number of hydrogen-bond acceptors (Lipinski definition) is 4. The van der Waals surface area contributed by atoms with E-state index < -0.39 is 0 Å². The Labute approximate surface area is 128 Å². The van der Waals surface area contributed by atoms with Crippen molar-refractivity contribution in [1.82, 2.24) is 9.88 Å². The topological polar surface area (TPSA) is 72.4 Å².